The van der Waals surface area contributed by atoms with Crippen LogP contribution in [0.15, 0.2) is 30.3 Å². The van der Waals surface area contributed by atoms with Crippen LogP contribution >= 0.6 is 0 Å². The number of carboxylic acids is 1. The highest BCUT2D eigenvalue weighted by Gasteiger charge is 2.41. The van der Waals surface area contributed by atoms with Crippen LogP contribution in [0.25, 0.3) is 0 Å². The van der Waals surface area contributed by atoms with Crippen molar-refractivity contribution < 1.29 is 19.4 Å². The molecule has 1 fully saturated rings. The van der Waals surface area contributed by atoms with Crippen LogP contribution in [0, 0.1) is 11.8 Å². The van der Waals surface area contributed by atoms with E-state index in [1.165, 1.54) is 0 Å². The van der Waals surface area contributed by atoms with E-state index in [0.29, 0.717) is 32.4 Å². The summed E-state index contributed by atoms with van der Waals surface area (Å²) in [7, 11) is 0. The first-order valence-electron chi connectivity index (χ1n) is 6.87. The Labute approximate surface area is 117 Å². The molecule has 0 heterocycles. The summed E-state index contributed by atoms with van der Waals surface area (Å²) < 4.78 is 5.50. The van der Waals surface area contributed by atoms with Gasteiger partial charge in [0.05, 0.1) is 18.4 Å². The molecule has 2 N–H and O–H groups in total. The zero-order chi connectivity index (χ0) is 14.4. The molecule has 20 heavy (non-hydrogen) atoms. The van der Waals surface area contributed by atoms with Crippen molar-refractivity contribution in [1.82, 2.24) is 5.32 Å². The van der Waals surface area contributed by atoms with E-state index in [1.54, 1.807) is 0 Å². The number of hydrogen-bond acceptors (Lipinski definition) is 3. The minimum atomic E-state index is -0.871. The first-order valence-corrected chi connectivity index (χ1v) is 6.87. The van der Waals surface area contributed by atoms with E-state index in [2.05, 4.69) is 5.32 Å². The number of amides is 1. The molecule has 1 aliphatic rings. The molecule has 5 nitrogen and oxygen atoms in total. The normalized spacial score (nSPS) is 20.8. The molecule has 1 amide bonds. The Hall–Kier alpha value is -2.04. The van der Waals surface area contributed by atoms with Crippen molar-refractivity contribution in [3.8, 4) is 5.75 Å². The van der Waals surface area contributed by atoms with Gasteiger partial charge >= 0.3 is 5.97 Å². The summed E-state index contributed by atoms with van der Waals surface area (Å²) in [5, 5.41) is 11.7. The van der Waals surface area contributed by atoms with Gasteiger partial charge < -0.3 is 15.2 Å². The number of carbonyl (C=O) groups is 2. The van der Waals surface area contributed by atoms with E-state index in [1.807, 2.05) is 30.3 Å². The van der Waals surface area contributed by atoms with Gasteiger partial charge in [0, 0.05) is 6.54 Å². The van der Waals surface area contributed by atoms with Gasteiger partial charge in [0.2, 0.25) is 5.91 Å². The quantitative estimate of drug-likeness (QED) is 0.744. The van der Waals surface area contributed by atoms with Crippen LogP contribution in [-0.2, 0) is 9.59 Å². The van der Waals surface area contributed by atoms with E-state index in [-0.39, 0.29) is 11.8 Å². The van der Waals surface area contributed by atoms with Crippen LogP contribution in [0.3, 0.4) is 0 Å². The number of aliphatic carboxylic acids is 1. The number of ether oxygens (including phenoxy) is 1. The van der Waals surface area contributed by atoms with E-state index in [0.717, 1.165) is 5.75 Å². The fraction of sp³-hybridized carbons (Fsp3) is 0.467. The van der Waals surface area contributed by atoms with Gasteiger partial charge in [-0.2, -0.15) is 0 Å². The number of carboxylic acid groups (broad SMARTS) is 1. The second-order valence-corrected chi connectivity index (χ2v) is 4.93. The lowest BCUT2D eigenvalue weighted by Crippen LogP contribution is -2.44. The standard InChI is InChI=1S/C15H19NO4/c17-14(12-7-8-13(12)15(18)19)16-9-4-10-20-11-5-2-1-3-6-11/h1-3,5-6,12-13H,4,7-10H2,(H,16,17)(H,18,19). The first-order chi connectivity index (χ1) is 9.68. The molecule has 2 rings (SSSR count). The Morgan fingerprint density at radius 1 is 1.20 bits per heavy atom. The van der Waals surface area contributed by atoms with Gasteiger partial charge in [0.25, 0.3) is 0 Å². The molecule has 1 aromatic rings. The summed E-state index contributed by atoms with van der Waals surface area (Å²) in [6, 6.07) is 9.48. The highest BCUT2D eigenvalue weighted by Crippen LogP contribution is 2.34. The smallest absolute Gasteiger partial charge is 0.307 e. The molecule has 2 atom stereocenters. The number of nitrogens with one attached hydrogen (secondary N) is 1. The predicted molar refractivity (Wildman–Crippen MR) is 73.4 cm³/mol. The number of benzene rings is 1. The summed E-state index contributed by atoms with van der Waals surface area (Å²) >= 11 is 0. The second-order valence-electron chi connectivity index (χ2n) is 4.93. The van der Waals surface area contributed by atoms with Crippen molar-refractivity contribution in [3.05, 3.63) is 30.3 Å². The number of hydrogen-bond donors (Lipinski definition) is 2. The Morgan fingerprint density at radius 3 is 2.50 bits per heavy atom. The molecular weight excluding hydrogens is 258 g/mol. The molecule has 5 heteroatoms. The third kappa shape index (κ3) is 3.73. The molecule has 108 valence electrons. The molecule has 2 unspecified atom stereocenters. The number of carbonyl (C=O) groups excluding carboxylic acids is 1. The largest absolute Gasteiger partial charge is 0.494 e. The lowest BCUT2D eigenvalue weighted by Gasteiger charge is -2.31. The van der Waals surface area contributed by atoms with Crippen LogP contribution in [0.4, 0.5) is 0 Å². The minimum Gasteiger partial charge on any atom is -0.494 e. The van der Waals surface area contributed by atoms with Gasteiger partial charge in [-0.05, 0) is 31.4 Å². The molecule has 1 saturated carbocycles. The molecule has 0 bridgehead atoms. The average Bonchev–Trinajstić information content (AvgIpc) is 2.37. The van der Waals surface area contributed by atoms with Crippen LogP contribution in [-0.4, -0.2) is 30.1 Å². The van der Waals surface area contributed by atoms with Gasteiger partial charge in [-0.3, -0.25) is 9.59 Å². The van der Waals surface area contributed by atoms with E-state index >= 15 is 0 Å². The monoisotopic (exact) mass is 277 g/mol. The number of rotatable bonds is 7. The Balaban J connectivity index is 1.59. The highest BCUT2D eigenvalue weighted by atomic mass is 16.5. The average molecular weight is 277 g/mol. The van der Waals surface area contributed by atoms with Gasteiger partial charge in [-0.1, -0.05) is 18.2 Å². The van der Waals surface area contributed by atoms with E-state index < -0.39 is 11.9 Å². The highest BCUT2D eigenvalue weighted by molar-refractivity contribution is 5.86. The Bertz CT molecular complexity index is 460. The maximum Gasteiger partial charge on any atom is 0.307 e. The zero-order valence-electron chi connectivity index (χ0n) is 11.2. The molecular formula is C15H19NO4. The van der Waals surface area contributed by atoms with Crippen molar-refractivity contribution >= 4 is 11.9 Å². The summed E-state index contributed by atoms with van der Waals surface area (Å²) in [5.74, 6) is -1.07. The van der Waals surface area contributed by atoms with Crippen molar-refractivity contribution in [2.45, 2.75) is 19.3 Å². The summed E-state index contributed by atoms with van der Waals surface area (Å²) in [4.78, 5) is 22.6. The second kappa shape index (κ2) is 6.93. The van der Waals surface area contributed by atoms with Gasteiger partial charge in [-0.15, -0.1) is 0 Å². The van der Waals surface area contributed by atoms with Crippen LogP contribution in [0.1, 0.15) is 19.3 Å². The first kappa shape index (κ1) is 14.4. The zero-order valence-corrected chi connectivity index (χ0v) is 11.2. The molecule has 0 aliphatic heterocycles. The SMILES string of the molecule is O=C(O)C1CCC1C(=O)NCCCOc1ccccc1. The summed E-state index contributed by atoms with van der Waals surface area (Å²) in [6.07, 6.45) is 1.97. The lowest BCUT2D eigenvalue weighted by atomic mass is 9.73. The van der Waals surface area contributed by atoms with E-state index in [9.17, 15) is 9.59 Å². The molecule has 0 radical (unpaired) electrons. The van der Waals surface area contributed by atoms with Crippen molar-refractivity contribution in [2.24, 2.45) is 11.8 Å². The maximum absolute atomic E-state index is 11.8. The topological polar surface area (TPSA) is 75.6 Å². The lowest BCUT2D eigenvalue weighted by molar-refractivity contribution is -0.152. The summed E-state index contributed by atoms with van der Waals surface area (Å²) in [5.41, 5.74) is 0. The van der Waals surface area contributed by atoms with Gasteiger partial charge in [0.15, 0.2) is 0 Å². The van der Waals surface area contributed by atoms with Gasteiger partial charge in [0.1, 0.15) is 5.75 Å². The van der Waals surface area contributed by atoms with Crippen molar-refractivity contribution in [3.63, 3.8) is 0 Å². The Morgan fingerprint density at radius 2 is 1.90 bits per heavy atom. The van der Waals surface area contributed by atoms with Crippen LogP contribution in [0.2, 0.25) is 0 Å². The third-order valence-electron chi connectivity index (χ3n) is 3.56. The minimum absolute atomic E-state index is 0.150. The summed E-state index contributed by atoms with van der Waals surface area (Å²) in [6.45, 7) is 1.03. The fourth-order valence-electron chi connectivity index (χ4n) is 2.23. The predicted octanol–water partition coefficient (Wildman–Crippen LogP) is 1.68. The number of para-hydroxylation sites is 1. The molecule has 0 spiro atoms. The Kier molecular flexibility index (Phi) is 4.98. The fourth-order valence-corrected chi connectivity index (χ4v) is 2.23. The van der Waals surface area contributed by atoms with Crippen LogP contribution in [0.5, 0.6) is 5.75 Å². The maximum atomic E-state index is 11.8. The van der Waals surface area contributed by atoms with Crippen molar-refractivity contribution in [2.75, 3.05) is 13.2 Å². The van der Waals surface area contributed by atoms with Crippen LogP contribution < -0.4 is 10.1 Å². The molecule has 1 aromatic carbocycles. The third-order valence-corrected chi connectivity index (χ3v) is 3.56. The van der Waals surface area contributed by atoms with Crippen molar-refractivity contribution in [1.29, 1.82) is 0 Å². The molecule has 1 aliphatic carbocycles. The molecule has 0 saturated heterocycles. The van der Waals surface area contributed by atoms with Gasteiger partial charge in [-0.25, -0.2) is 0 Å². The van der Waals surface area contributed by atoms with E-state index in [4.69, 9.17) is 9.84 Å². The molecule has 0 aromatic heterocycles.